The highest BCUT2D eigenvalue weighted by Gasteiger charge is 2.19. The van der Waals surface area contributed by atoms with Crippen molar-refractivity contribution in [2.45, 2.75) is 0 Å². The van der Waals surface area contributed by atoms with Crippen LogP contribution in [-0.2, 0) is 0 Å². The first-order valence-corrected chi connectivity index (χ1v) is 17.8. The number of nitrogens with zero attached hydrogens (tertiary/aromatic N) is 4. The van der Waals surface area contributed by atoms with Crippen molar-refractivity contribution in [3.63, 3.8) is 0 Å². The van der Waals surface area contributed by atoms with Gasteiger partial charge in [-0.2, -0.15) is 0 Å². The highest BCUT2D eigenvalue weighted by Crippen LogP contribution is 2.43. The Labute approximate surface area is 295 Å². The standard InChI is InChI=1S/C45H26N4OS/c1-2-11-27(12-3-1)43-46-44(28-13-10-14-30(25-28)49-35-18-7-4-15-31(35)32-16-5-8-19-36(32)49)48-45(47-43)29-21-22-37-34(26-29)41-38(50-37)23-24-40-42(41)33-17-6-9-20-39(33)51-40/h1-26H. The molecule has 5 nitrogen and oxygen atoms in total. The fourth-order valence-corrected chi connectivity index (χ4v) is 8.67. The highest BCUT2D eigenvalue weighted by molar-refractivity contribution is 7.26. The Morgan fingerprint density at radius 1 is 0.412 bits per heavy atom. The van der Waals surface area contributed by atoms with Gasteiger partial charge in [-0.05, 0) is 60.7 Å². The van der Waals surface area contributed by atoms with Crippen LogP contribution in [-0.4, -0.2) is 19.5 Å². The van der Waals surface area contributed by atoms with Crippen molar-refractivity contribution in [1.82, 2.24) is 19.5 Å². The van der Waals surface area contributed by atoms with Crippen molar-refractivity contribution in [2.24, 2.45) is 0 Å². The second-order valence-corrected chi connectivity index (χ2v) is 13.9. The van der Waals surface area contributed by atoms with Crippen LogP contribution in [0.2, 0.25) is 0 Å². The zero-order valence-electron chi connectivity index (χ0n) is 27.1. The van der Waals surface area contributed by atoms with E-state index >= 15 is 0 Å². The van der Waals surface area contributed by atoms with Crippen LogP contribution in [0.25, 0.3) is 104 Å². The van der Waals surface area contributed by atoms with Crippen LogP contribution < -0.4 is 0 Å². The maximum absolute atomic E-state index is 6.41. The molecule has 0 spiro atoms. The molecule has 11 aromatic rings. The molecule has 0 radical (unpaired) electrons. The van der Waals surface area contributed by atoms with E-state index < -0.39 is 0 Å². The molecule has 0 aliphatic rings. The molecule has 0 unspecified atom stereocenters. The average Bonchev–Trinajstić information content (AvgIpc) is 3.87. The Hall–Kier alpha value is -6.63. The molecule has 0 aliphatic carbocycles. The summed E-state index contributed by atoms with van der Waals surface area (Å²) in [6.45, 7) is 0. The lowest BCUT2D eigenvalue weighted by atomic mass is 10.0. The van der Waals surface area contributed by atoms with E-state index in [0.29, 0.717) is 17.5 Å². The molecule has 0 atom stereocenters. The molecule has 7 aromatic carbocycles. The maximum Gasteiger partial charge on any atom is 0.164 e. The largest absolute Gasteiger partial charge is 0.456 e. The van der Waals surface area contributed by atoms with E-state index in [1.54, 1.807) is 0 Å². The fourth-order valence-electron chi connectivity index (χ4n) is 7.56. The molecule has 0 N–H and O–H groups in total. The number of aromatic nitrogens is 4. The van der Waals surface area contributed by atoms with Crippen molar-refractivity contribution >= 4 is 75.3 Å². The predicted molar refractivity (Wildman–Crippen MR) is 211 cm³/mol. The Morgan fingerprint density at radius 2 is 1.02 bits per heavy atom. The summed E-state index contributed by atoms with van der Waals surface area (Å²) in [7, 11) is 0. The molecule has 0 bridgehead atoms. The van der Waals surface area contributed by atoms with Crippen molar-refractivity contribution in [2.75, 3.05) is 0 Å². The fraction of sp³-hybridized carbons (Fsp3) is 0. The average molecular weight is 671 g/mol. The second kappa shape index (κ2) is 10.9. The molecule has 0 amide bonds. The Kier molecular flexibility index (Phi) is 6.05. The number of furan rings is 1. The summed E-state index contributed by atoms with van der Waals surface area (Å²) < 4.78 is 11.2. The monoisotopic (exact) mass is 670 g/mol. The predicted octanol–water partition coefficient (Wildman–Crippen LogP) is 12.2. The van der Waals surface area contributed by atoms with E-state index in [9.17, 15) is 0 Å². The van der Waals surface area contributed by atoms with E-state index in [4.69, 9.17) is 19.4 Å². The van der Waals surface area contributed by atoms with Gasteiger partial charge < -0.3 is 8.98 Å². The van der Waals surface area contributed by atoms with Crippen LogP contribution in [0.4, 0.5) is 0 Å². The third-order valence-electron chi connectivity index (χ3n) is 9.84. The van der Waals surface area contributed by atoms with Crippen LogP contribution in [0.1, 0.15) is 0 Å². The summed E-state index contributed by atoms with van der Waals surface area (Å²) in [6.07, 6.45) is 0. The van der Waals surface area contributed by atoms with Crippen molar-refractivity contribution in [1.29, 1.82) is 0 Å². The van der Waals surface area contributed by atoms with Crippen LogP contribution in [0, 0.1) is 0 Å². The van der Waals surface area contributed by atoms with Gasteiger partial charge in [-0.1, -0.05) is 97.1 Å². The molecular formula is C45H26N4OS. The molecule has 0 fully saturated rings. The van der Waals surface area contributed by atoms with E-state index in [1.165, 1.54) is 30.9 Å². The first-order chi connectivity index (χ1) is 25.3. The topological polar surface area (TPSA) is 56.7 Å². The Morgan fingerprint density at radius 3 is 1.78 bits per heavy atom. The van der Waals surface area contributed by atoms with Gasteiger partial charge in [-0.15, -0.1) is 11.3 Å². The molecule has 4 heterocycles. The third kappa shape index (κ3) is 4.37. The number of para-hydroxylation sites is 2. The minimum absolute atomic E-state index is 0.611. The van der Waals surface area contributed by atoms with Gasteiger partial charge in [0.2, 0.25) is 0 Å². The van der Waals surface area contributed by atoms with Crippen LogP contribution in [0.3, 0.4) is 0 Å². The van der Waals surface area contributed by atoms with Crippen molar-refractivity contribution in [3.05, 3.63) is 158 Å². The molecule has 238 valence electrons. The summed E-state index contributed by atoms with van der Waals surface area (Å²) in [5, 5.41) is 7.09. The number of rotatable bonds is 4. The molecule has 6 heteroatoms. The van der Waals surface area contributed by atoms with Gasteiger partial charge in [-0.3, -0.25) is 0 Å². The van der Waals surface area contributed by atoms with Gasteiger partial charge >= 0.3 is 0 Å². The van der Waals surface area contributed by atoms with Gasteiger partial charge in [0.05, 0.1) is 11.0 Å². The summed E-state index contributed by atoms with van der Waals surface area (Å²) in [5.41, 5.74) is 7.83. The molecule has 11 rings (SSSR count). The molecule has 0 saturated heterocycles. The van der Waals surface area contributed by atoms with Crippen molar-refractivity contribution in [3.8, 4) is 39.9 Å². The lowest BCUT2D eigenvalue weighted by Gasteiger charge is -2.11. The van der Waals surface area contributed by atoms with E-state index in [0.717, 1.165) is 55.3 Å². The van der Waals surface area contributed by atoms with Gasteiger partial charge in [0.1, 0.15) is 11.2 Å². The summed E-state index contributed by atoms with van der Waals surface area (Å²) in [4.78, 5) is 15.3. The number of hydrogen-bond acceptors (Lipinski definition) is 5. The SMILES string of the molecule is c1ccc(-c2nc(-c3cccc(-n4c5ccccc5c5ccccc54)c3)nc(-c3ccc4oc5ccc6sc7ccccc7c6c5c4c3)n2)cc1. The smallest absolute Gasteiger partial charge is 0.164 e. The van der Waals surface area contributed by atoms with Crippen LogP contribution in [0.5, 0.6) is 0 Å². The summed E-state index contributed by atoms with van der Waals surface area (Å²) >= 11 is 1.81. The minimum atomic E-state index is 0.611. The summed E-state index contributed by atoms with van der Waals surface area (Å²) in [6, 6.07) is 54.9. The normalized spacial score (nSPS) is 11.9. The Bertz CT molecular complexity index is 3100. The Balaban J connectivity index is 1.12. The molecule has 51 heavy (non-hydrogen) atoms. The number of hydrogen-bond donors (Lipinski definition) is 0. The highest BCUT2D eigenvalue weighted by atomic mass is 32.1. The van der Waals surface area contributed by atoms with Crippen LogP contribution >= 0.6 is 11.3 Å². The zero-order chi connectivity index (χ0) is 33.5. The lowest BCUT2D eigenvalue weighted by molar-refractivity contribution is 0.669. The lowest BCUT2D eigenvalue weighted by Crippen LogP contribution is -2.01. The van der Waals surface area contributed by atoms with Crippen molar-refractivity contribution < 1.29 is 4.42 Å². The molecule has 4 aromatic heterocycles. The van der Waals surface area contributed by atoms with Gasteiger partial charge in [0, 0.05) is 64.1 Å². The summed E-state index contributed by atoms with van der Waals surface area (Å²) in [5.74, 6) is 1.85. The maximum atomic E-state index is 6.41. The number of fused-ring (bicyclic) bond motifs is 10. The van der Waals surface area contributed by atoms with E-state index in [2.05, 4.69) is 126 Å². The van der Waals surface area contributed by atoms with E-state index in [1.807, 2.05) is 47.7 Å². The quantitative estimate of drug-likeness (QED) is 0.187. The van der Waals surface area contributed by atoms with Crippen LogP contribution in [0.15, 0.2) is 162 Å². The minimum Gasteiger partial charge on any atom is -0.456 e. The van der Waals surface area contributed by atoms with E-state index in [-0.39, 0.29) is 0 Å². The van der Waals surface area contributed by atoms with Gasteiger partial charge in [-0.25, -0.2) is 15.0 Å². The first-order valence-electron chi connectivity index (χ1n) is 16.9. The molecular weight excluding hydrogens is 645 g/mol. The molecule has 0 saturated carbocycles. The third-order valence-corrected chi connectivity index (χ3v) is 11.0. The zero-order valence-corrected chi connectivity index (χ0v) is 27.9. The molecule has 0 aliphatic heterocycles. The number of thiophene rings is 1. The second-order valence-electron chi connectivity index (χ2n) is 12.8. The first kappa shape index (κ1) is 28.2. The van der Waals surface area contributed by atoms with Gasteiger partial charge in [0.25, 0.3) is 0 Å². The van der Waals surface area contributed by atoms with Gasteiger partial charge in [0.15, 0.2) is 17.5 Å². The number of benzene rings is 7.